The molecule has 29 heavy (non-hydrogen) atoms. The van der Waals surface area contributed by atoms with E-state index >= 15 is 0 Å². The number of rotatable bonds is 5. The second-order valence-electron chi connectivity index (χ2n) is 8.80. The summed E-state index contributed by atoms with van der Waals surface area (Å²) in [6.07, 6.45) is 2.56. The molecular weight excluding hydrogens is 372 g/mol. The summed E-state index contributed by atoms with van der Waals surface area (Å²) in [5, 5.41) is 16.3. The Balaban J connectivity index is 1.55. The van der Waals surface area contributed by atoms with E-state index in [0.29, 0.717) is 34.7 Å². The number of benzene rings is 1. The molecule has 8 nitrogen and oxygen atoms in total. The first-order valence-corrected chi connectivity index (χ1v) is 10.0. The van der Waals surface area contributed by atoms with Crippen molar-refractivity contribution >= 4 is 22.8 Å². The van der Waals surface area contributed by atoms with E-state index in [9.17, 15) is 14.4 Å². The topological polar surface area (TPSA) is 113 Å². The highest BCUT2D eigenvalue weighted by Crippen LogP contribution is 2.61. The zero-order valence-corrected chi connectivity index (χ0v) is 16.6. The van der Waals surface area contributed by atoms with E-state index in [-0.39, 0.29) is 17.9 Å². The van der Waals surface area contributed by atoms with Crippen molar-refractivity contribution in [2.24, 2.45) is 23.2 Å². The highest BCUT2D eigenvalue weighted by Gasteiger charge is 2.54. The molecule has 2 bridgehead atoms. The number of carboxylic acid groups (broad SMARTS) is 1. The van der Waals surface area contributed by atoms with Gasteiger partial charge in [-0.2, -0.15) is 5.10 Å². The highest BCUT2D eigenvalue weighted by molar-refractivity contribution is 5.86. The second kappa shape index (κ2) is 7.17. The Hall–Kier alpha value is -2.90. The maximum atomic E-state index is 12.8. The van der Waals surface area contributed by atoms with Crippen LogP contribution in [-0.2, 0) is 11.3 Å². The van der Waals surface area contributed by atoms with Crippen LogP contribution in [0.5, 0.6) is 0 Å². The smallest absolute Gasteiger partial charge is 0.404 e. The van der Waals surface area contributed by atoms with Gasteiger partial charge < -0.3 is 10.4 Å². The lowest BCUT2D eigenvalue weighted by Crippen LogP contribution is -2.53. The van der Waals surface area contributed by atoms with E-state index in [2.05, 4.69) is 29.7 Å². The molecule has 5 rings (SSSR count). The molecule has 1 aromatic carbocycles. The lowest BCUT2D eigenvalue weighted by atomic mass is 9.45. The van der Waals surface area contributed by atoms with Gasteiger partial charge in [0.2, 0.25) is 5.91 Å². The van der Waals surface area contributed by atoms with Crippen LogP contribution < -0.4 is 16.3 Å². The average Bonchev–Trinajstić information content (AvgIpc) is 2.69. The van der Waals surface area contributed by atoms with E-state index in [1.54, 1.807) is 24.3 Å². The van der Waals surface area contributed by atoms with E-state index < -0.39 is 11.7 Å². The molecule has 154 valence electrons. The summed E-state index contributed by atoms with van der Waals surface area (Å²) in [7, 11) is 0. The van der Waals surface area contributed by atoms with Crippen LogP contribution in [0.1, 0.15) is 45.2 Å². The minimum Gasteiger partial charge on any atom is -0.465 e. The van der Waals surface area contributed by atoms with Crippen molar-refractivity contribution in [3.63, 3.8) is 0 Å². The Morgan fingerprint density at radius 3 is 2.62 bits per heavy atom. The quantitative estimate of drug-likeness (QED) is 0.717. The van der Waals surface area contributed by atoms with Gasteiger partial charge in [0.1, 0.15) is 0 Å². The van der Waals surface area contributed by atoms with Gasteiger partial charge in [0.25, 0.3) is 5.56 Å². The van der Waals surface area contributed by atoms with Crippen LogP contribution in [0.15, 0.2) is 29.1 Å². The van der Waals surface area contributed by atoms with E-state index in [1.807, 2.05) is 0 Å². The molecule has 1 heterocycles. The Morgan fingerprint density at radius 2 is 1.97 bits per heavy atom. The van der Waals surface area contributed by atoms with E-state index in [0.717, 1.165) is 23.6 Å². The lowest BCUT2D eigenvalue weighted by molar-refractivity contribution is -0.129. The molecule has 3 aliphatic carbocycles. The third-order valence-corrected chi connectivity index (χ3v) is 6.97. The largest absolute Gasteiger partial charge is 0.465 e. The number of hydrogen-bond donors (Lipinski definition) is 3. The zero-order valence-electron chi connectivity index (χ0n) is 16.6. The van der Waals surface area contributed by atoms with Gasteiger partial charge in [-0.25, -0.2) is 10.2 Å². The zero-order chi connectivity index (χ0) is 20.8. The fraction of sp³-hybridized carbons (Fsp3) is 0.524. The number of fused-ring (bicyclic) bond motifs is 3. The monoisotopic (exact) mass is 398 g/mol. The summed E-state index contributed by atoms with van der Waals surface area (Å²) < 4.78 is 0. The maximum Gasteiger partial charge on any atom is 0.404 e. The highest BCUT2D eigenvalue weighted by atomic mass is 16.4. The van der Waals surface area contributed by atoms with Gasteiger partial charge in [0, 0.05) is 11.8 Å². The Kier molecular flexibility index (Phi) is 4.80. The fourth-order valence-electron chi connectivity index (χ4n) is 5.23. The third kappa shape index (κ3) is 3.47. The molecule has 3 fully saturated rings. The van der Waals surface area contributed by atoms with Crippen molar-refractivity contribution in [3.05, 3.63) is 40.3 Å². The van der Waals surface area contributed by atoms with Crippen molar-refractivity contribution in [1.82, 2.24) is 15.2 Å². The molecule has 2 amide bonds. The van der Waals surface area contributed by atoms with Crippen LogP contribution in [-0.4, -0.2) is 27.0 Å². The summed E-state index contributed by atoms with van der Waals surface area (Å²) in [4.78, 5) is 37.3. The van der Waals surface area contributed by atoms with Gasteiger partial charge in [-0.3, -0.25) is 9.59 Å². The number of nitrogens with zero attached hydrogens (tertiary/aromatic N) is 2. The van der Waals surface area contributed by atoms with Crippen molar-refractivity contribution in [2.75, 3.05) is 5.43 Å². The van der Waals surface area contributed by atoms with Crippen molar-refractivity contribution in [2.45, 2.75) is 46.1 Å². The maximum absolute atomic E-state index is 12.8. The predicted molar refractivity (Wildman–Crippen MR) is 108 cm³/mol. The Bertz CT molecular complexity index is 1030. The number of amides is 2. The standard InChI is InChI=1S/C21H26N4O4/c1-21(2)13-8-7-12(16(21)10-13)9-18(26)24-25-19(27)15-6-4-3-5-14(15)17(23-25)11-22-20(28)29/h3-6,12-13,16,22H,7-11H2,1-2H3,(H,24,26)(H,28,29)/t12-,13-,16-/m0/s1. The molecule has 0 saturated heterocycles. The van der Waals surface area contributed by atoms with Crippen LogP contribution in [0, 0.1) is 23.2 Å². The molecular formula is C21H26N4O4. The first-order chi connectivity index (χ1) is 13.8. The van der Waals surface area contributed by atoms with Crippen molar-refractivity contribution in [3.8, 4) is 0 Å². The third-order valence-electron chi connectivity index (χ3n) is 6.97. The summed E-state index contributed by atoms with van der Waals surface area (Å²) in [6, 6.07) is 6.84. The van der Waals surface area contributed by atoms with Gasteiger partial charge in [-0.1, -0.05) is 32.0 Å². The molecule has 3 aliphatic rings. The van der Waals surface area contributed by atoms with Gasteiger partial charge in [0.05, 0.1) is 17.6 Å². The Labute approximate surface area is 168 Å². The van der Waals surface area contributed by atoms with Crippen LogP contribution in [0.2, 0.25) is 0 Å². The number of aromatic nitrogens is 2. The summed E-state index contributed by atoms with van der Waals surface area (Å²) >= 11 is 0. The van der Waals surface area contributed by atoms with Crippen molar-refractivity contribution in [1.29, 1.82) is 0 Å². The molecule has 0 radical (unpaired) electrons. The van der Waals surface area contributed by atoms with E-state index in [1.165, 1.54) is 6.42 Å². The first-order valence-electron chi connectivity index (χ1n) is 10.0. The summed E-state index contributed by atoms with van der Waals surface area (Å²) in [5.74, 6) is 1.39. The predicted octanol–water partition coefficient (Wildman–Crippen LogP) is 2.70. The minimum atomic E-state index is -1.18. The molecule has 0 unspecified atom stereocenters. The molecule has 2 aromatic rings. The minimum absolute atomic E-state index is 0.0632. The molecule has 3 atom stereocenters. The summed E-state index contributed by atoms with van der Waals surface area (Å²) in [6.45, 7) is 4.51. The summed E-state index contributed by atoms with van der Waals surface area (Å²) in [5.41, 5.74) is 2.86. The van der Waals surface area contributed by atoms with Crippen LogP contribution in [0.25, 0.3) is 10.8 Å². The molecule has 0 aliphatic heterocycles. The Morgan fingerprint density at radius 1 is 1.24 bits per heavy atom. The molecule has 0 spiro atoms. The number of carbonyl (C=O) groups excluding carboxylic acids is 1. The van der Waals surface area contributed by atoms with Gasteiger partial charge in [-0.15, -0.1) is 4.79 Å². The van der Waals surface area contributed by atoms with Gasteiger partial charge in [0.15, 0.2) is 0 Å². The van der Waals surface area contributed by atoms with Crippen LogP contribution in [0.4, 0.5) is 4.79 Å². The fourth-order valence-corrected chi connectivity index (χ4v) is 5.23. The molecule has 1 aromatic heterocycles. The van der Waals surface area contributed by atoms with Crippen LogP contribution >= 0.6 is 0 Å². The number of carbonyl (C=O) groups is 2. The second-order valence-corrected chi connectivity index (χ2v) is 8.80. The number of nitrogens with one attached hydrogen (secondary N) is 2. The molecule has 8 heteroatoms. The SMILES string of the molecule is CC1(C)[C@H]2CC[C@@H](CC(=O)Nn3nc(CNC(=O)O)c4ccccc4c3=O)[C@@H]1C2. The van der Waals surface area contributed by atoms with Gasteiger partial charge >= 0.3 is 6.09 Å². The van der Waals surface area contributed by atoms with Gasteiger partial charge in [-0.05, 0) is 48.5 Å². The normalized spacial score (nSPS) is 24.6. The molecule has 3 saturated carbocycles. The number of hydrogen-bond acceptors (Lipinski definition) is 4. The molecule has 3 N–H and O–H groups in total. The lowest BCUT2D eigenvalue weighted by Gasteiger charge is -2.60. The van der Waals surface area contributed by atoms with E-state index in [4.69, 9.17) is 5.11 Å². The average molecular weight is 398 g/mol. The first kappa shape index (κ1) is 19.4. The van der Waals surface area contributed by atoms with Crippen molar-refractivity contribution < 1.29 is 14.7 Å². The van der Waals surface area contributed by atoms with Crippen LogP contribution in [0.3, 0.4) is 0 Å².